The molecule has 3 nitrogen and oxygen atoms in total. The van der Waals surface area contributed by atoms with Crippen LogP contribution in [0.2, 0.25) is 0 Å². The molecule has 1 aliphatic heterocycles. The maximum Gasteiger partial charge on any atom is 0.128 e. The Morgan fingerprint density at radius 1 is 1.50 bits per heavy atom. The number of hydrogen-bond acceptors (Lipinski definition) is 3. The van der Waals surface area contributed by atoms with Gasteiger partial charge in [0.15, 0.2) is 0 Å². The second-order valence-electron chi connectivity index (χ2n) is 4.27. The highest BCUT2D eigenvalue weighted by Gasteiger charge is 2.25. The predicted octanol–water partition coefficient (Wildman–Crippen LogP) is 2.65. The van der Waals surface area contributed by atoms with Crippen LogP contribution in [0, 0.1) is 0 Å². The van der Waals surface area contributed by atoms with Crippen LogP contribution in [0.3, 0.4) is 0 Å². The van der Waals surface area contributed by atoms with Crippen molar-refractivity contribution in [3.8, 4) is 11.5 Å². The van der Waals surface area contributed by atoms with Crippen LogP contribution in [-0.4, -0.2) is 13.2 Å². The zero-order valence-electron chi connectivity index (χ0n) is 9.90. The van der Waals surface area contributed by atoms with Gasteiger partial charge in [0.05, 0.1) is 7.11 Å². The van der Waals surface area contributed by atoms with Crippen molar-refractivity contribution in [2.24, 2.45) is 5.73 Å². The molecule has 1 heterocycles. The van der Waals surface area contributed by atoms with Crippen LogP contribution in [0.25, 0.3) is 0 Å². The van der Waals surface area contributed by atoms with Crippen molar-refractivity contribution in [2.45, 2.75) is 38.3 Å². The van der Waals surface area contributed by atoms with Gasteiger partial charge in [-0.1, -0.05) is 19.4 Å². The molecular formula is C13H19NO2. The van der Waals surface area contributed by atoms with Crippen molar-refractivity contribution in [3.05, 3.63) is 23.8 Å². The molecule has 0 spiro atoms. The van der Waals surface area contributed by atoms with Gasteiger partial charge in [-0.2, -0.15) is 0 Å². The van der Waals surface area contributed by atoms with E-state index in [2.05, 4.69) is 6.92 Å². The average Bonchev–Trinajstić information content (AvgIpc) is 2.28. The summed E-state index contributed by atoms with van der Waals surface area (Å²) in [6, 6.07) is 5.95. The lowest BCUT2D eigenvalue weighted by atomic mass is 9.95. The predicted molar refractivity (Wildman–Crippen MR) is 63.9 cm³/mol. The van der Waals surface area contributed by atoms with Crippen LogP contribution < -0.4 is 15.2 Å². The van der Waals surface area contributed by atoms with Crippen LogP contribution in [-0.2, 0) is 0 Å². The van der Waals surface area contributed by atoms with E-state index in [1.165, 1.54) is 0 Å². The largest absolute Gasteiger partial charge is 0.497 e. The summed E-state index contributed by atoms with van der Waals surface area (Å²) in [5, 5.41) is 0. The van der Waals surface area contributed by atoms with Gasteiger partial charge < -0.3 is 15.2 Å². The first-order chi connectivity index (χ1) is 7.74. The van der Waals surface area contributed by atoms with Gasteiger partial charge in [0.1, 0.15) is 17.6 Å². The minimum atomic E-state index is 0.0891. The third-order valence-corrected chi connectivity index (χ3v) is 3.04. The van der Waals surface area contributed by atoms with E-state index < -0.39 is 0 Å². The van der Waals surface area contributed by atoms with E-state index in [-0.39, 0.29) is 12.1 Å². The first-order valence-electron chi connectivity index (χ1n) is 5.84. The molecule has 2 N–H and O–H groups in total. The third kappa shape index (κ3) is 2.14. The fraction of sp³-hybridized carbons (Fsp3) is 0.538. The van der Waals surface area contributed by atoms with Gasteiger partial charge in [0.25, 0.3) is 0 Å². The molecule has 1 aromatic carbocycles. The fourth-order valence-corrected chi connectivity index (χ4v) is 2.19. The lowest BCUT2D eigenvalue weighted by molar-refractivity contribution is 0.148. The lowest BCUT2D eigenvalue weighted by Gasteiger charge is -2.30. The van der Waals surface area contributed by atoms with Gasteiger partial charge in [-0.15, -0.1) is 0 Å². The van der Waals surface area contributed by atoms with Crippen LogP contribution >= 0.6 is 0 Å². The van der Waals surface area contributed by atoms with E-state index in [0.29, 0.717) is 0 Å². The molecule has 88 valence electrons. The highest BCUT2D eigenvalue weighted by molar-refractivity contribution is 5.43. The Bertz CT molecular complexity index is 365. The minimum absolute atomic E-state index is 0.0891. The smallest absolute Gasteiger partial charge is 0.128 e. The fourth-order valence-electron chi connectivity index (χ4n) is 2.19. The van der Waals surface area contributed by atoms with E-state index in [1.807, 2.05) is 18.2 Å². The molecule has 0 radical (unpaired) electrons. The highest BCUT2D eigenvalue weighted by atomic mass is 16.5. The van der Waals surface area contributed by atoms with E-state index in [1.54, 1.807) is 7.11 Å². The van der Waals surface area contributed by atoms with Crippen LogP contribution in [0.5, 0.6) is 11.5 Å². The number of nitrogens with two attached hydrogens (primary N) is 1. The van der Waals surface area contributed by atoms with Crippen LogP contribution in [0.4, 0.5) is 0 Å². The number of methoxy groups -OCH3 is 1. The molecule has 2 atom stereocenters. The molecule has 3 heteroatoms. The van der Waals surface area contributed by atoms with Crippen molar-refractivity contribution < 1.29 is 9.47 Å². The zero-order chi connectivity index (χ0) is 11.5. The second kappa shape index (κ2) is 4.74. The van der Waals surface area contributed by atoms with Gasteiger partial charge >= 0.3 is 0 Å². The van der Waals surface area contributed by atoms with Crippen LogP contribution in [0.15, 0.2) is 18.2 Å². The minimum Gasteiger partial charge on any atom is -0.497 e. The Balaban J connectivity index is 2.24. The van der Waals surface area contributed by atoms with Gasteiger partial charge in [0, 0.05) is 24.1 Å². The molecule has 1 aromatic rings. The summed E-state index contributed by atoms with van der Waals surface area (Å²) in [5.41, 5.74) is 7.23. The molecule has 0 saturated carbocycles. The normalized spacial score (nSPS) is 23.4. The Morgan fingerprint density at radius 3 is 3.00 bits per heavy atom. The lowest BCUT2D eigenvalue weighted by Crippen LogP contribution is -2.29. The quantitative estimate of drug-likeness (QED) is 0.853. The van der Waals surface area contributed by atoms with Gasteiger partial charge in [-0.25, -0.2) is 0 Å². The van der Waals surface area contributed by atoms with E-state index >= 15 is 0 Å². The Morgan fingerprint density at radius 2 is 2.31 bits per heavy atom. The zero-order valence-corrected chi connectivity index (χ0v) is 9.90. The van der Waals surface area contributed by atoms with Gasteiger partial charge in [-0.3, -0.25) is 0 Å². The molecule has 0 bridgehead atoms. The van der Waals surface area contributed by atoms with Gasteiger partial charge in [-0.05, 0) is 12.5 Å². The van der Waals surface area contributed by atoms with Crippen molar-refractivity contribution in [1.82, 2.24) is 0 Å². The standard InChI is InChI=1S/C13H19NO2/c1-3-4-10-7-12(14)11-6-5-9(15-2)8-13(11)16-10/h5-6,8,10,12H,3-4,7,14H2,1-2H3. The molecule has 2 unspecified atom stereocenters. The van der Waals surface area contributed by atoms with Crippen molar-refractivity contribution in [2.75, 3.05) is 7.11 Å². The molecule has 1 aliphatic rings. The Kier molecular flexibility index (Phi) is 3.34. The molecule has 16 heavy (non-hydrogen) atoms. The van der Waals surface area contributed by atoms with Crippen LogP contribution in [0.1, 0.15) is 37.8 Å². The third-order valence-electron chi connectivity index (χ3n) is 3.04. The summed E-state index contributed by atoms with van der Waals surface area (Å²) in [5.74, 6) is 1.71. The van der Waals surface area contributed by atoms with Crippen molar-refractivity contribution in [1.29, 1.82) is 0 Å². The van der Waals surface area contributed by atoms with E-state index in [4.69, 9.17) is 15.2 Å². The van der Waals surface area contributed by atoms with Crippen molar-refractivity contribution >= 4 is 0 Å². The summed E-state index contributed by atoms with van der Waals surface area (Å²) in [6.45, 7) is 2.16. The SMILES string of the molecule is CCCC1CC(N)c2ccc(OC)cc2O1. The Hall–Kier alpha value is -1.22. The summed E-state index contributed by atoms with van der Waals surface area (Å²) < 4.78 is 11.1. The van der Waals surface area contributed by atoms with Gasteiger partial charge in [0.2, 0.25) is 0 Å². The number of fused-ring (bicyclic) bond motifs is 1. The number of ether oxygens (including phenoxy) is 2. The van der Waals surface area contributed by atoms with E-state index in [0.717, 1.165) is 36.3 Å². The number of benzene rings is 1. The van der Waals surface area contributed by atoms with Crippen molar-refractivity contribution in [3.63, 3.8) is 0 Å². The molecule has 0 fully saturated rings. The topological polar surface area (TPSA) is 44.5 Å². The maximum atomic E-state index is 6.14. The number of rotatable bonds is 3. The summed E-state index contributed by atoms with van der Waals surface area (Å²) >= 11 is 0. The average molecular weight is 221 g/mol. The summed E-state index contributed by atoms with van der Waals surface area (Å²) in [7, 11) is 1.66. The number of hydrogen-bond donors (Lipinski definition) is 1. The first kappa shape index (κ1) is 11.3. The molecule has 0 amide bonds. The highest BCUT2D eigenvalue weighted by Crippen LogP contribution is 2.36. The molecule has 0 saturated heterocycles. The molecule has 2 rings (SSSR count). The molecule has 0 aromatic heterocycles. The Labute approximate surface area is 96.5 Å². The summed E-state index contributed by atoms with van der Waals surface area (Å²) in [6.07, 6.45) is 3.34. The summed E-state index contributed by atoms with van der Waals surface area (Å²) in [4.78, 5) is 0. The maximum absolute atomic E-state index is 6.14. The van der Waals surface area contributed by atoms with E-state index in [9.17, 15) is 0 Å². The second-order valence-corrected chi connectivity index (χ2v) is 4.27. The first-order valence-corrected chi connectivity index (χ1v) is 5.84. The molecule has 0 aliphatic carbocycles. The molecular weight excluding hydrogens is 202 g/mol. The monoisotopic (exact) mass is 221 g/mol.